The van der Waals surface area contributed by atoms with Crippen molar-refractivity contribution >= 4 is 0 Å². The van der Waals surface area contributed by atoms with Crippen LogP contribution in [0.25, 0.3) is 0 Å². The number of nitrogens with zero attached hydrogens (tertiary/aromatic N) is 2. The monoisotopic (exact) mass is 244 g/mol. The van der Waals surface area contributed by atoms with Gasteiger partial charge in [0.15, 0.2) is 0 Å². The molecule has 5 heteroatoms. The molecule has 2 aliphatic rings. The van der Waals surface area contributed by atoms with Gasteiger partial charge in [-0.1, -0.05) is 0 Å². The number of hydrogen-bond donors (Lipinski definition) is 1. The van der Waals surface area contributed by atoms with E-state index in [1.165, 1.54) is 0 Å². The summed E-state index contributed by atoms with van der Waals surface area (Å²) in [6, 6.07) is 0. The highest BCUT2D eigenvalue weighted by Gasteiger charge is 2.24. The molecular formula is C12H24N2O3. The second kappa shape index (κ2) is 6.66. The highest BCUT2D eigenvalue weighted by Crippen LogP contribution is 2.10. The van der Waals surface area contributed by atoms with Crippen LogP contribution in [0.4, 0.5) is 0 Å². The van der Waals surface area contributed by atoms with E-state index in [0.717, 1.165) is 52.5 Å². The van der Waals surface area contributed by atoms with E-state index in [4.69, 9.17) is 14.6 Å². The first-order valence-electron chi connectivity index (χ1n) is 6.56. The largest absolute Gasteiger partial charge is 0.394 e. The second-order valence-corrected chi connectivity index (χ2v) is 4.96. The molecule has 2 aliphatic heterocycles. The quantitative estimate of drug-likeness (QED) is 0.715. The Morgan fingerprint density at radius 2 is 1.82 bits per heavy atom. The molecule has 0 aromatic carbocycles. The van der Waals surface area contributed by atoms with Crippen LogP contribution in [0, 0.1) is 0 Å². The summed E-state index contributed by atoms with van der Waals surface area (Å²) in [5, 5.41) is 9.16. The van der Waals surface area contributed by atoms with Crippen LogP contribution in [0.15, 0.2) is 0 Å². The Hall–Kier alpha value is -0.200. The zero-order chi connectivity index (χ0) is 12.1. The highest BCUT2D eigenvalue weighted by atomic mass is 16.5. The molecular weight excluding hydrogens is 220 g/mol. The van der Waals surface area contributed by atoms with E-state index < -0.39 is 0 Å². The lowest BCUT2D eigenvalue weighted by Gasteiger charge is -2.37. The van der Waals surface area contributed by atoms with Gasteiger partial charge in [0.1, 0.15) is 0 Å². The fraction of sp³-hybridized carbons (Fsp3) is 1.00. The standard InChI is InChI=1S/C12H24N2O3/c1-11-8-14(9-12(10-15)17-11)3-2-13-4-6-16-7-5-13/h11-12,15H,2-10H2,1H3. The smallest absolute Gasteiger partial charge is 0.0936 e. The van der Waals surface area contributed by atoms with Crippen LogP contribution >= 0.6 is 0 Å². The van der Waals surface area contributed by atoms with Gasteiger partial charge in [-0.15, -0.1) is 0 Å². The van der Waals surface area contributed by atoms with E-state index in [1.807, 2.05) is 0 Å². The number of hydrogen-bond acceptors (Lipinski definition) is 5. The topological polar surface area (TPSA) is 45.2 Å². The summed E-state index contributed by atoms with van der Waals surface area (Å²) in [5.74, 6) is 0. The summed E-state index contributed by atoms with van der Waals surface area (Å²) >= 11 is 0. The van der Waals surface area contributed by atoms with Crippen LogP contribution in [0.5, 0.6) is 0 Å². The van der Waals surface area contributed by atoms with Crippen LogP contribution in [0.3, 0.4) is 0 Å². The van der Waals surface area contributed by atoms with Crippen LogP contribution in [0.1, 0.15) is 6.92 Å². The maximum absolute atomic E-state index is 9.16. The van der Waals surface area contributed by atoms with Crippen molar-refractivity contribution in [1.29, 1.82) is 0 Å². The lowest BCUT2D eigenvalue weighted by molar-refractivity contribution is -0.0969. The third-order valence-corrected chi connectivity index (χ3v) is 3.44. The van der Waals surface area contributed by atoms with Gasteiger partial charge in [-0.2, -0.15) is 0 Å². The SMILES string of the molecule is CC1CN(CCN2CCOCC2)CC(CO)O1. The van der Waals surface area contributed by atoms with Crippen LogP contribution < -0.4 is 0 Å². The third kappa shape index (κ3) is 4.19. The van der Waals surface area contributed by atoms with E-state index in [2.05, 4.69) is 16.7 Å². The van der Waals surface area contributed by atoms with Crippen molar-refractivity contribution in [2.75, 3.05) is 59.1 Å². The lowest BCUT2D eigenvalue weighted by Crippen LogP contribution is -2.50. The molecule has 2 saturated heterocycles. The maximum atomic E-state index is 9.16. The lowest BCUT2D eigenvalue weighted by atomic mass is 10.2. The fourth-order valence-corrected chi connectivity index (χ4v) is 2.53. The van der Waals surface area contributed by atoms with Crippen molar-refractivity contribution in [2.45, 2.75) is 19.1 Å². The Balaban J connectivity index is 1.70. The Morgan fingerprint density at radius 1 is 1.12 bits per heavy atom. The normalized spacial score (nSPS) is 32.8. The molecule has 2 heterocycles. The first-order valence-corrected chi connectivity index (χ1v) is 6.56. The Bertz CT molecular complexity index is 222. The highest BCUT2D eigenvalue weighted by molar-refractivity contribution is 4.76. The van der Waals surface area contributed by atoms with E-state index in [9.17, 15) is 0 Å². The summed E-state index contributed by atoms with van der Waals surface area (Å²) in [4.78, 5) is 4.84. The van der Waals surface area contributed by atoms with Gasteiger partial charge in [0.05, 0.1) is 32.0 Å². The van der Waals surface area contributed by atoms with E-state index in [1.54, 1.807) is 0 Å². The van der Waals surface area contributed by atoms with Crippen molar-refractivity contribution in [3.05, 3.63) is 0 Å². The molecule has 0 aliphatic carbocycles. The molecule has 0 aromatic rings. The third-order valence-electron chi connectivity index (χ3n) is 3.44. The number of ether oxygens (including phenoxy) is 2. The van der Waals surface area contributed by atoms with Crippen LogP contribution in [-0.4, -0.2) is 86.2 Å². The Morgan fingerprint density at radius 3 is 2.53 bits per heavy atom. The molecule has 0 bridgehead atoms. The molecule has 0 spiro atoms. The van der Waals surface area contributed by atoms with Crippen LogP contribution in [0.2, 0.25) is 0 Å². The molecule has 0 amide bonds. The van der Waals surface area contributed by atoms with Gasteiger partial charge in [0.25, 0.3) is 0 Å². The Kier molecular flexibility index (Phi) is 5.18. The molecule has 2 fully saturated rings. The first-order chi connectivity index (χ1) is 8.28. The minimum Gasteiger partial charge on any atom is -0.394 e. The number of rotatable bonds is 4. The van der Waals surface area contributed by atoms with Crippen molar-refractivity contribution in [2.24, 2.45) is 0 Å². The van der Waals surface area contributed by atoms with Gasteiger partial charge in [-0.3, -0.25) is 9.80 Å². The summed E-state index contributed by atoms with van der Waals surface area (Å²) in [6.07, 6.45) is 0.217. The summed E-state index contributed by atoms with van der Waals surface area (Å²) in [5.41, 5.74) is 0. The van der Waals surface area contributed by atoms with E-state index in [-0.39, 0.29) is 18.8 Å². The number of aliphatic hydroxyl groups is 1. The molecule has 1 N–H and O–H groups in total. The van der Waals surface area contributed by atoms with Gasteiger partial charge < -0.3 is 14.6 Å². The van der Waals surface area contributed by atoms with Crippen molar-refractivity contribution in [1.82, 2.24) is 9.80 Å². The predicted molar refractivity (Wildman–Crippen MR) is 65.1 cm³/mol. The van der Waals surface area contributed by atoms with Gasteiger partial charge in [-0.25, -0.2) is 0 Å². The molecule has 2 unspecified atom stereocenters. The zero-order valence-corrected chi connectivity index (χ0v) is 10.7. The Labute approximate surface area is 103 Å². The molecule has 0 saturated carbocycles. The zero-order valence-electron chi connectivity index (χ0n) is 10.7. The summed E-state index contributed by atoms with van der Waals surface area (Å²) in [6.45, 7) is 9.98. The van der Waals surface area contributed by atoms with Crippen molar-refractivity contribution in [3.63, 3.8) is 0 Å². The number of morpholine rings is 2. The first kappa shape index (κ1) is 13.2. The predicted octanol–water partition coefficient (Wildman–Crippen LogP) is -0.600. The van der Waals surface area contributed by atoms with E-state index >= 15 is 0 Å². The molecule has 17 heavy (non-hydrogen) atoms. The summed E-state index contributed by atoms with van der Waals surface area (Å²) < 4.78 is 11.0. The minimum atomic E-state index is -0.0107. The molecule has 100 valence electrons. The molecule has 0 aromatic heterocycles. The van der Waals surface area contributed by atoms with Crippen LogP contribution in [-0.2, 0) is 9.47 Å². The molecule has 2 atom stereocenters. The molecule has 2 rings (SSSR count). The second-order valence-electron chi connectivity index (χ2n) is 4.96. The van der Waals surface area contributed by atoms with Crippen molar-refractivity contribution < 1.29 is 14.6 Å². The minimum absolute atomic E-state index is 0.0107. The average Bonchev–Trinajstić information content (AvgIpc) is 2.37. The van der Waals surface area contributed by atoms with Gasteiger partial charge in [-0.05, 0) is 6.92 Å². The van der Waals surface area contributed by atoms with Gasteiger partial charge in [0, 0.05) is 39.3 Å². The van der Waals surface area contributed by atoms with E-state index in [0.29, 0.717) is 0 Å². The molecule has 0 radical (unpaired) electrons. The fourth-order valence-electron chi connectivity index (χ4n) is 2.53. The summed E-state index contributed by atoms with van der Waals surface area (Å²) in [7, 11) is 0. The number of aliphatic hydroxyl groups excluding tert-OH is 1. The van der Waals surface area contributed by atoms with Gasteiger partial charge >= 0.3 is 0 Å². The average molecular weight is 244 g/mol. The van der Waals surface area contributed by atoms with Gasteiger partial charge in [0.2, 0.25) is 0 Å². The maximum Gasteiger partial charge on any atom is 0.0936 e. The molecule has 5 nitrogen and oxygen atoms in total. The van der Waals surface area contributed by atoms with Crippen molar-refractivity contribution in [3.8, 4) is 0 Å².